The Morgan fingerprint density at radius 1 is 1.44 bits per heavy atom. The van der Waals surface area contributed by atoms with Gasteiger partial charge in [0.05, 0.1) is 12.5 Å². The van der Waals surface area contributed by atoms with Crippen molar-refractivity contribution in [1.29, 1.82) is 0 Å². The van der Waals surface area contributed by atoms with Crippen LogP contribution in [-0.4, -0.2) is 26.1 Å². The molecule has 1 atom stereocenters. The Balaban J connectivity index is 2.69. The van der Waals surface area contributed by atoms with E-state index in [0.29, 0.717) is 26.1 Å². The zero-order valence-corrected chi connectivity index (χ0v) is 11.1. The van der Waals surface area contributed by atoms with Crippen molar-refractivity contribution in [1.82, 2.24) is 5.32 Å². The highest BCUT2D eigenvalue weighted by Crippen LogP contribution is 2.11. The number of nitrogens with two attached hydrogens (primary N) is 1. The Hall–Kier alpha value is -1.39. The number of hydrogen-bond acceptors (Lipinski definition) is 3. The summed E-state index contributed by atoms with van der Waals surface area (Å²) in [7, 11) is 1.67. The third-order valence-corrected chi connectivity index (χ3v) is 2.79. The van der Waals surface area contributed by atoms with Crippen LogP contribution in [0.3, 0.4) is 0 Å². The van der Waals surface area contributed by atoms with Gasteiger partial charge in [0, 0.05) is 20.2 Å². The SMILES string of the molecule is CCNC(=O)C(CN)Cc1cccc(COC)c1. The van der Waals surface area contributed by atoms with Crippen LogP contribution in [-0.2, 0) is 22.6 Å². The molecule has 4 heteroatoms. The van der Waals surface area contributed by atoms with Crippen molar-refractivity contribution >= 4 is 5.91 Å². The maximum Gasteiger partial charge on any atom is 0.224 e. The van der Waals surface area contributed by atoms with E-state index in [1.165, 1.54) is 0 Å². The average Bonchev–Trinajstić information content (AvgIpc) is 2.37. The topological polar surface area (TPSA) is 64.4 Å². The molecule has 3 N–H and O–H groups in total. The number of rotatable bonds is 7. The number of methoxy groups -OCH3 is 1. The highest BCUT2D eigenvalue weighted by Gasteiger charge is 2.16. The minimum atomic E-state index is -0.164. The van der Waals surface area contributed by atoms with Crippen LogP contribution < -0.4 is 11.1 Å². The summed E-state index contributed by atoms with van der Waals surface area (Å²) in [4.78, 5) is 11.8. The van der Waals surface area contributed by atoms with Gasteiger partial charge in [-0.05, 0) is 24.5 Å². The molecule has 1 unspecified atom stereocenters. The fourth-order valence-electron chi connectivity index (χ4n) is 1.90. The van der Waals surface area contributed by atoms with Crippen molar-refractivity contribution in [2.45, 2.75) is 20.0 Å². The molecule has 0 spiro atoms. The number of ether oxygens (including phenoxy) is 1. The van der Waals surface area contributed by atoms with Crippen molar-refractivity contribution in [3.8, 4) is 0 Å². The average molecular weight is 250 g/mol. The number of carbonyl (C=O) groups excluding carboxylic acids is 1. The fraction of sp³-hybridized carbons (Fsp3) is 0.500. The van der Waals surface area contributed by atoms with Gasteiger partial charge < -0.3 is 15.8 Å². The van der Waals surface area contributed by atoms with E-state index >= 15 is 0 Å². The van der Waals surface area contributed by atoms with Crippen LogP contribution in [0.4, 0.5) is 0 Å². The molecule has 1 aromatic carbocycles. The lowest BCUT2D eigenvalue weighted by Crippen LogP contribution is -2.36. The molecule has 18 heavy (non-hydrogen) atoms. The second-order valence-electron chi connectivity index (χ2n) is 4.28. The number of carbonyl (C=O) groups is 1. The Morgan fingerprint density at radius 2 is 2.17 bits per heavy atom. The van der Waals surface area contributed by atoms with E-state index in [9.17, 15) is 4.79 Å². The first-order chi connectivity index (χ1) is 8.71. The molecule has 0 aliphatic carbocycles. The van der Waals surface area contributed by atoms with E-state index in [1.807, 2.05) is 25.1 Å². The van der Waals surface area contributed by atoms with Crippen molar-refractivity contribution in [3.63, 3.8) is 0 Å². The minimum Gasteiger partial charge on any atom is -0.380 e. The molecular formula is C14H22N2O2. The molecule has 100 valence electrons. The molecule has 1 aromatic rings. The summed E-state index contributed by atoms with van der Waals surface area (Å²) in [5, 5.41) is 2.81. The largest absolute Gasteiger partial charge is 0.380 e. The van der Waals surface area contributed by atoms with Crippen molar-refractivity contribution < 1.29 is 9.53 Å². The van der Waals surface area contributed by atoms with E-state index in [2.05, 4.69) is 11.4 Å². The number of nitrogens with one attached hydrogen (secondary N) is 1. The summed E-state index contributed by atoms with van der Waals surface area (Å²) in [6.45, 7) is 3.49. The van der Waals surface area contributed by atoms with E-state index in [4.69, 9.17) is 10.5 Å². The van der Waals surface area contributed by atoms with Gasteiger partial charge in [0.15, 0.2) is 0 Å². The molecule has 0 fully saturated rings. The lowest BCUT2D eigenvalue weighted by atomic mass is 9.97. The maximum absolute atomic E-state index is 11.8. The van der Waals surface area contributed by atoms with E-state index < -0.39 is 0 Å². The maximum atomic E-state index is 11.8. The Labute approximate surface area is 109 Å². The molecule has 0 radical (unpaired) electrons. The smallest absolute Gasteiger partial charge is 0.224 e. The van der Waals surface area contributed by atoms with E-state index in [0.717, 1.165) is 11.1 Å². The zero-order valence-electron chi connectivity index (χ0n) is 11.1. The Kier molecular flexibility index (Phi) is 6.39. The van der Waals surface area contributed by atoms with Crippen LogP contribution in [0.1, 0.15) is 18.1 Å². The Morgan fingerprint density at radius 3 is 2.78 bits per heavy atom. The molecule has 0 aromatic heterocycles. The summed E-state index contributed by atoms with van der Waals surface area (Å²) in [6, 6.07) is 8.07. The Bertz CT molecular complexity index is 380. The molecule has 0 aliphatic rings. The van der Waals surface area contributed by atoms with Crippen LogP contribution in [0.2, 0.25) is 0 Å². The van der Waals surface area contributed by atoms with E-state index in [1.54, 1.807) is 7.11 Å². The van der Waals surface area contributed by atoms with Crippen molar-refractivity contribution in [2.24, 2.45) is 11.7 Å². The second kappa shape index (κ2) is 7.84. The van der Waals surface area contributed by atoms with Crippen LogP contribution in [0.5, 0.6) is 0 Å². The first kappa shape index (κ1) is 14.7. The van der Waals surface area contributed by atoms with E-state index in [-0.39, 0.29) is 11.8 Å². The summed E-state index contributed by atoms with van der Waals surface area (Å²) in [5.74, 6) is -0.139. The highest BCUT2D eigenvalue weighted by atomic mass is 16.5. The molecule has 0 aliphatic heterocycles. The van der Waals surface area contributed by atoms with Gasteiger partial charge >= 0.3 is 0 Å². The molecule has 4 nitrogen and oxygen atoms in total. The molecule has 0 saturated heterocycles. The normalized spacial score (nSPS) is 12.2. The molecule has 1 rings (SSSR count). The fourth-order valence-corrected chi connectivity index (χ4v) is 1.90. The van der Waals surface area contributed by atoms with Crippen LogP contribution in [0, 0.1) is 5.92 Å². The molecule has 1 amide bonds. The molecule has 0 bridgehead atoms. The second-order valence-corrected chi connectivity index (χ2v) is 4.28. The lowest BCUT2D eigenvalue weighted by Gasteiger charge is -2.14. The van der Waals surface area contributed by atoms with Gasteiger partial charge in [-0.15, -0.1) is 0 Å². The third-order valence-electron chi connectivity index (χ3n) is 2.79. The first-order valence-corrected chi connectivity index (χ1v) is 6.25. The minimum absolute atomic E-state index is 0.0251. The zero-order chi connectivity index (χ0) is 13.4. The summed E-state index contributed by atoms with van der Waals surface area (Å²) >= 11 is 0. The van der Waals surface area contributed by atoms with Crippen molar-refractivity contribution in [2.75, 3.05) is 20.2 Å². The predicted molar refractivity (Wildman–Crippen MR) is 72.1 cm³/mol. The summed E-state index contributed by atoms with van der Waals surface area (Å²) < 4.78 is 5.10. The van der Waals surface area contributed by atoms with Gasteiger partial charge in [-0.1, -0.05) is 24.3 Å². The van der Waals surface area contributed by atoms with Crippen LogP contribution in [0.25, 0.3) is 0 Å². The van der Waals surface area contributed by atoms with Gasteiger partial charge in [0.25, 0.3) is 0 Å². The molecule has 0 heterocycles. The van der Waals surface area contributed by atoms with Crippen LogP contribution >= 0.6 is 0 Å². The highest BCUT2D eigenvalue weighted by molar-refractivity contribution is 5.79. The number of amides is 1. The quantitative estimate of drug-likeness (QED) is 0.761. The standard InChI is InChI=1S/C14H22N2O2/c1-3-16-14(17)13(9-15)8-11-5-4-6-12(7-11)10-18-2/h4-7,13H,3,8-10,15H2,1-2H3,(H,16,17). The van der Waals surface area contributed by atoms with Crippen molar-refractivity contribution in [3.05, 3.63) is 35.4 Å². The molecular weight excluding hydrogens is 228 g/mol. The summed E-state index contributed by atoms with van der Waals surface area (Å²) in [6.07, 6.45) is 0.667. The lowest BCUT2D eigenvalue weighted by molar-refractivity contribution is -0.124. The van der Waals surface area contributed by atoms with Gasteiger partial charge in [0.2, 0.25) is 5.91 Å². The molecule has 0 saturated carbocycles. The third kappa shape index (κ3) is 4.47. The number of benzene rings is 1. The van der Waals surface area contributed by atoms with Gasteiger partial charge in [-0.25, -0.2) is 0 Å². The van der Waals surface area contributed by atoms with Crippen LogP contribution in [0.15, 0.2) is 24.3 Å². The number of hydrogen-bond donors (Lipinski definition) is 2. The van der Waals surface area contributed by atoms with Gasteiger partial charge in [-0.2, -0.15) is 0 Å². The first-order valence-electron chi connectivity index (χ1n) is 6.25. The van der Waals surface area contributed by atoms with Gasteiger partial charge in [-0.3, -0.25) is 4.79 Å². The van der Waals surface area contributed by atoms with Gasteiger partial charge in [0.1, 0.15) is 0 Å². The predicted octanol–water partition coefficient (Wildman–Crippen LogP) is 1.09. The monoisotopic (exact) mass is 250 g/mol. The summed E-state index contributed by atoms with van der Waals surface area (Å²) in [5.41, 5.74) is 7.89.